The Balaban J connectivity index is 0.641. The summed E-state index contributed by atoms with van der Waals surface area (Å²) in [5.41, 5.74) is 8.85. The van der Waals surface area contributed by atoms with Gasteiger partial charge in [-0.25, -0.2) is 19.9 Å². The maximum atomic E-state index is 13.5. The van der Waals surface area contributed by atoms with E-state index in [4.69, 9.17) is 18.9 Å². The Kier molecular flexibility index (Phi) is 13.6. The molecule has 0 N–H and O–H groups in total. The van der Waals surface area contributed by atoms with Crippen molar-refractivity contribution in [3.8, 4) is 56.6 Å². The highest BCUT2D eigenvalue weighted by Gasteiger charge is 2.24. The van der Waals surface area contributed by atoms with E-state index in [9.17, 15) is 19.2 Å². The Morgan fingerprint density at radius 1 is 0.360 bits per heavy atom. The maximum absolute atomic E-state index is 13.5. The second kappa shape index (κ2) is 22.5. The summed E-state index contributed by atoms with van der Waals surface area (Å²) >= 11 is 0. The monoisotopic (exact) mass is 1120 g/mol. The lowest BCUT2D eigenvalue weighted by atomic mass is 9.91. The summed E-state index contributed by atoms with van der Waals surface area (Å²) in [6.07, 6.45) is 23.6. The fraction of sp³-hybridized carbons (Fsp3) is 0.0278. The van der Waals surface area contributed by atoms with Crippen molar-refractivity contribution in [2.24, 2.45) is 0 Å². The van der Waals surface area contributed by atoms with Gasteiger partial charge in [-0.05, 0) is 162 Å². The van der Waals surface area contributed by atoms with Gasteiger partial charge in [0.2, 0.25) is 25.2 Å². The molecule has 2 aliphatic rings. The molecule has 0 unspecified atom stereocenters. The Labute approximate surface area is 490 Å². The number of pyridine rings is 2. The number of aromatic nitrogens is 6. The van der Waals surface area contributed by atoms with Crippen LogP contribution in [0.1, 0.15) is 63.9 Å². The van der Waals surface area contributed by atoms with Crippen LogP contribution in [0.4, 0.5) is 0 Å². The number of allylic oxidation sites excluding steroid dienone is 4. The SMILES string of the molecule is O=C(/C=C\c1ccc2c3c(ccc2c1)OCOc1ccc2cc(/C=C\C(=O)c4cnc(-c5ccc(C(=O)/C=C\c6ccc7c8c(ccc7c6)OCOc6ccc7cc(/C=C\C(=O)c9ccccn9)ccc7c6-8)nc5)nc4)ccc2c1-3)c1cncnc1. The molecule has 2 aliphatic heterocycles. The zero-order chi connectivity index (χ0) is 58.1. The van der Waals surface area contributed by atoms with Crippen LogP contribution < -0.4 is 18.9 Å². The molecule has 4 aromatic heterocycles. The van der Waals surface area contributed by atoms with Crippen LogP contribution in [0.25, 0.3) is 101 Å². The third kappa shape index (κ3) is 10.3. The van der Waals surface area contributed by atoms with Gasteiger partial charge in [-0.2, -0.15) is 0 Å². The van der Waals surface area contributed by atoms with Gasteiger partial charge in [-0.3, -0.25) is 29.1 Å². The van der Waals surface area contributed by atoms with E-state index in [1.54, 1.807) is 60.8 Å². The first-order chi connectivity index (χ1) is 42.2. The summed E-state index contributed by atoms with van der Waals surface area (Å²) in [6, 6.07) is 48.4. The predicted octanol–water partition coefficient (Wildman–Crippen LogP) is 14.7. The lowest BCUT2D eigenvalue weighted by Gasteiger charge is -2.14. The largest absolute Gasteiger partial charge is 0.457 e. The van der Waals surface area contributed by atoms with Gasteiger partial charge >= 0.3 is 0 Å². The van der Waals surface area contributed by atoms with Crippen LogP contribution in [0.5, 0.6) is 23.0 Å². The maximum Gasteiger partial charge on any atom is 0.230 e. The van der Waals surface area contributed by atoms with Crippen molar-refractivity contribution < 1.29 is 38.1 Å². The Morgan fingerprint density at radius 3 is 1.14 bits per heavy atom. The minimum Gasteiger partial charge on any atom is -0.457 e. The summed E-state index contributed by atoms with van der Waals surface area (Å²) in [4.78, 5) is 77.8. The summed E-state index contributed by atoms with van der Waals surface area (Å²) in [6.45, 7) is 0.0978. The van der Waals surface area contributed by atoms with E-state index in [1.165, 1.54) is 61.6 Å². The van der Waals surface area contributed by atoms with Gasteiger partial charge in [0.25, 0.3) is 0 Å². The molecule has 0 saturated carbocycles. The topological polar surface area (TPSA) is 183 Å². The zero-order valence-corrected chi connectivity index (χ0v) is 45.5. The van der Waals surface area contributed by atoms with E-state index in [1.807, 2.05) is 121 Å². The third-order valence-electron chi connectivity index (χ3n) is 15.1. The smallest absolute Gasteiger partial charge is 0.230 e. The first-order valence-corrected chi connectivity index (χ1v) is 27.4. The molecule has 0 radical (unpaired) electrons. The predicted molar refractivity (Wildman–Crippen MR) is 331 cm³/mol. The fourth-order valence-electron chi connectivity index (χ4n) is 10.8. The molecule has 14 rings (SSSR count). The van der Waals surface area contributed by atoms with Crippen molar-refractivity contribution in [3.63, 3.8) is 0 Å². The van der Waals surface area contributed by atoms with E-state index >= 15 is 0 Å². The van der Waals surface area contributed by atoms with Gasteiger partial charge in [0.05, 0.1) is 11.1 Å². The molecule has 0 atom stereocenters. The van der Waals surface area contributed by atoms with Crippen LogP contribution in [0.2, 0.25) is 0 Å². The molecule has 6 heterocycles. The molecule has 12 aromatic rings. The highest BCUT2D eigenvalue weighted by Crippen LogP contribution is 2.49. The van der Waals surface area contributed by atoms with Crippen molar-refractivity contribution in [2.45, 2.75) is 0 Å². The molecule has 0 spiro atoms. The summed E-state index contributed by atoms with van der Waals surface area (Å²) < 4.78 is 24.5. The minimum absolute atomic E-state index is 0.0469. The number of fused-ring (bicyclic) bond motifs is 14. The highest BCUT2D eigenvalue weighted by molar-refractivity contribution is 6.14. The van der Waals surface area contributed by atoms with Crippen molar-refractivity contribution in [1.29, 1.82) is 0 Å². The second-order valence-electron chi connectivity index (χ2n) is 20.4. The van der Waals surface area contributed by atoms with Gasteiger partial charge in [-0.1, -0.05) is 103 Å². The van der Waals surface area contributed by atoms with E-state index in [-0.39, 0.29) is 42.4 Å². The molecular formula is C72H44N6O8. The van der Waals surface area contributed by atoms with E-state index in [2.05, 4.69) is 29.9 Å². The van der Waals surface area contributed by atoms with E-state index in [0.29, 0.717) is 51.2 Å². The van der Waals surface area contributed by atoms with Crippen molar-refractivity contribution in [3.05, 3.63) is 264 Å². The highest BCUT2D eigenvalue weighted by atomic mass is 16.7. The van der Waals surface area contributed by atoms with Gasteiger partial charge in [0.15, 0.2) is 17.4 Å². The van der Waals surface area contributed by atoms with Crippen molar-refractivity contribution in [1.82, 2.24) is 29.9 Å². The van der Waals surface area contributed by atoms with Gasteiger partial charge in [0.1, 0.15) is 40.7 Å². The Bertz CT molecular complexity index is 4580. The van der Waals surface area contributed by atoms with Gasteiger partial charge < -0.3 is 18.9 Å². The molecule has 14 nitrogen and oxygen atoms in total. The fourth-order valence-corrected chi connectivity index (χ4v) is 10.8. The number of ether oxygens (including phenoxy) is 4. The number of ketones is 4. The third-order valence-corrected chi connectivity index (χ3v) is 15.1. The minimum atomic E-state index is -0.284. The first kappa shape index (κ1) is 52.2. The van der Waals surface area contributed by atoms with E-state index in [0.717, 1.165) is 87.6 Å². The first-order valence-electron chi connectivity index (χ1n) is 27.4. The summed E-state index contributed by atoms with van der Waals surface area (Å²) in [5, 5.41) is 7.63. The van der Waals surface area contributed by atoms with Gasteiger partial charge in [0, 0.05) is 65.0 Å². The lowest BCUT2D eigenvalue weighted by molar-refractivity contribution is 0.103. The number of nitrogens with zero attached hydrogens (tertiary/aromatic N) is 6. The zero-order valence-electron chi connectivity index (χ0n) is 45.5. The quantitative estimate of drug-likeness (QED) is 0.0785. The van der Waals surface area contributed by atoms with Crippen molar-refractivity contribution in [2.75, 3.05) is 13.6 Å². The molecular weight excluding hydrogens is 1080 g/mol. The lowest BCUT2D eigenvalue weighted by Crippen LogP contribution is -2.03. The summed E-state index contributed by atoms with van der Waals surface area (Å²) in [5.74, 6) is 2.17. The van der Waals surface area contributed by atoms with Crippen LogP contribution in [0.15, 0.2) is 219 Å². The second-order valence-corrected chi connectivity index (χ2v) is 20.4. The molecule has 0 amide bonds. The van der Waals surface area contributed by atoms with Crippen molar-refractivity contribution >= 4 is 90.5 Å². The van der Waals surface area contributed by atoms with E-state index < -0.39 is 0 Å². The molecule has 14 heteroatoms. The Morgan fingerprint density at radius 2 is 0.756 bits per heavy atom. The van der Waals surface area contributed by atoms with Crippen LogP contribution in [0.3, 0.4) is 0 Å². The molecule has 0 bridgehead atoms. The molecule has 0 fully saturated rings. The molecule has 0 saturated heterocycles. The number of hydrogen-bond acceptors (Lipinski definition) is 14. The number of carbonyl (C=O) groups excluding carboxylic acids is 4. The normalized spacial score (nSPS) is 12.7. The number of carbonyl (C=O) groups is 4. The van der Waals surface area contributed by atoms with Crippen LogP contribution in [-0.4, -0.2) is 66.6 Å². The number of rotatable bonds is 13. The standard InChI is InChI=1S/C72H44N6O8/c79-60(52-35-73-40-74-36-52)22-8-43-4-17-54-47(31-43)13-26-64-68(54)69-55-18-5-44(32-48(55)14-27-65(69)84-41-83-64)9-23-61(80)53-38-77-72(78-39-53)51-12-21-59(76-37-51)63(82)25-11-46-7-20-57-50(34-46)16-29-67-71(57)70-56-19-6-45(10-24-62(81)58-3-1-2-30-75-58)33-49(56)15-28-66(70)85-42-86-67/h1-40H,41-42H2/b22-8-,23-9-,24-10-,25-11-. The molecule has 0 aliphatic carbocycles. The number of hydrogen-bond donors (Lipinski definition) is 0. The van der Waals surface area contributed by atoms with Crippen LogP contribution in [-0.2, 0) is 0 Å². The molecule has 410 valence electrons. The molecule has 86 heavy (non-hydrogen) atoms. The average Bonchev–Trinajstić information content (AvgIpc) is 2.47. The summed E-state index contributed by atoms with van der Waals surface area (Å²) in [7, 11) is 0. The average molecular weight is 1120 g/mol. The molecule has 8 aromatic carbocycles. The number of benzene rings is 8. The Hall–Kier alpha value is -11.9. The van der Waals surface area contributed by atoms with Crippen LogP contribution in [0, 0.1) is 0 Å². The van der Waals surface area contributed by atoms with Gasteiger partial charge in [-0.15, -0.1) is 0 Å². The van der Waals surface area contributed by atoms with Crippen LogP contribution >= 0.6 is 0 Å².